The SMILES string of the molecule is CC(C)N(C)CCCNC(=O)c1ccc(N)cn1. The molecule has 0 fully saturated rings. The standard InChI is InChI=1S/C13H22N4O/c1-10(2)17(3)8-4-7-15-13(18)12-6-5-11(14)9-16-12/h5-6,9-10H,4,7-8,14H2,1-3H3,(H,15,18). The number of anilines is 1. The molecule has 5 heteroatoms. The number of nitrogens with two attached hydrogens (primary N) is 1. The molecule has 0 aliphatic rings. The summed E-state index contributed by atoms with van der Waals surface area (Å²) in [6.07, 6.45) is 2.41. The summed E-state index contributed by atoms with van der Waals surface area (Å²) in [5, 5.41) is 2.84. The Balaban J connectivity index is 2.27. The van der Waals surface area contributed by atoms with E-state index < -0.39 is 0 Å². The van der Waals surface area contributed by atoms with Crippen LogP contribution >= 0.6 is 0 Å². The third-order valence-corrected chi connectivity index (χ3v) is 2.87. The second kappa shape index (κ2) is 6.96. The van der Waals surface area contributed by atoms with Crippen molar-refractivity contribution < 1.29 is 4.79 Å². The highest BCUT2D eigenvalue weighted by atomic mass is 16.1. The van der Waals surface area contributed by atoms with Gasteiger partial charge in [-0.15, -0.1) is 0 Å². The van der Waals surface area contributed by atoms with E-state index in [0.717, 1.165) is 13.0 Å². The van der Waals surface area contributed by atoms with E-state index in [2.05, 4.69) is 36.1 Å². The number of pyridine rings is 1. The van der Waals surface area contributed by atoms with E-state index in [9.17, 15) is 4.79 Å². The summed E-state index contributed by atoms with van der Waals surface area (Å²) >= 11 is 0. The van der Waals surface area contributed by atoms with Crippen molar-refractivity contribution in [3.8, 4) is 0 Å². The Morgan fingerprint density at radius 1 is 1.50 bits per heavy atom. The first kappa shape index (κ1) is 14.4. The fourth-order valence-electron chi connectivity index (χ4n) is 1.42. The lowest BCUT2D eigenvalue weighted by Gasteiger charge is -2.20. The smallest absolute Gasteiger partial charge is 0.269 e. The van der Waals surface area contributed by atoms with Gasteiger partial charge in [-0.3, -0.25) is 4.79 Å². The maximum absolute atomic E-state index is 11.7. The Morgan fingerprint density at radius 2 is 2.22 bits per heavy atom. The number of amides is 1. The summed E-state index contributed by atoms with van der Waals surface area (Å²) < 4.78 is 0. The highest BCUT2D eigenvalue weighted by Crippen LogP contribution is 2.01. The van der Waals surface area contributed by atoms with Crippen molar-refractivity contribution in [1.82, 2.24) is 15.2 Å². The highest BCUT2D eigenvalue weighted by molar-refractivity contribution is 5.92. The lowest BCUT2D eigenvalue weighted by atomic mass is 10.3. The number of carbonyl (C=O) groups is 1. The predicted octanol–water partition coefficient (Wildman–Crippen LogP) is 1.12. The number of nitrogens with zero attached hydrogens (tertiary/aromatic N) is 2. The van der Waals surface area contributed by atoms with Crippen molar-refractivity contribution in [1.29, 1.82) is 0 Å². The molecule has 0 atom stereocenters. The molecular formula is C13H22N4O. The van der Waals surface area contributed by atoms with Crippen molar-refractivity contribution in [2.75, 3.05) is 25.9 Å². The second-order valence-corrected chi connectivity index (χ2v) is 4.66. The van der Waals surface area contributed by atoms with Crippen LogP contribution in [0.25, 0.3) is 0 Å². The molecule has 1 aromatic heterocycles. The van der Waals surface area contributed by atoms with E-state index in [1.807, 2.05) is 0 Å². The molecule has 0 aromatic carbocycles. The van der Waals surface area contributed by atoms with Crippen molar-refractivity contribution in [2.24, 2.45) is 0 Å². The summed E-state index contributed by atoms with van der Waals surface area (Å²) in [6.45, 7) is 5.92. The fraction of sp³-hybridized carbons (Fsp3) is 0.538. The minimum atomic E-state index is -0.151. The number of carbonyl (C=O) groups excluding carboxylic acids is 1. The molecule has 18 heavy (non-hydrogen) atoms. The first-order valence-electron chi connectivity index (χ1n) is 6.20. The van der Waals surface area contributed by atoms with Crippen LogP contribution in [-0.4, -0.2) is 42.0 Å². The molecule has 1 heterocycles. The van der Waals surface area contributed by atoms with E-state index in [4.69, 9.17) is 5.73 Å². The van der Waals surface area contributed by atoms with E-state index in [1.165, 1.54) is 6.20 Å². The molecule has 0 spiro atoms. The van der Waals surface area contributed by atoms with Gasteiger partial charge in [0.15, 0.2) is 0 Å². The van der Waals surface area contributed by atoms with Gasteiger partial charge in [0.1, 0.15) is 5.69 Å². The van der Waals surface area contributed by atoms with Crippen LogP contribution in [0, 0.1) is 0 Å². The van der Waals surface area contributed by atoms with Crippen LogP contribution in [0.2, 0.25) is 0 Å². The monoisotopic (exact) mass is 250 g/mol. The van der Waals surface area contributed by atoms with Crippen LogP contribution in [0.4, 0.5) is 5.69 Å². The van der Waals surface area contributed by atoms with E-state index >= 15 is 0 Å². The molecule has 1 amide bonds. The van der Waals surface area contributed by atoms with Crippen LogP contribution in [0.5, 0.6) is 0 Å². The van der Waals surface area contributed by atoms with Crippen LogP contribution in [0.3, 0.4) is 0 Å². The molecule has 0 aliphatic heterocycles. The molecule has 0 unspecified atom stereocenters. The van der Waals surface area contributed by atoms with Gasteiger partial charge in [0.25, 0.3) is 5.91 Å². The first-order valence-corrected chi connectivity index (χ1v) is 6.20. The van der Waals surface area contributed by atoms with E-state index in [0.29, 0.717) is 24.0 Å². The molecule has 0 radical (unpaired) electrons. The average Bonchev–Trinajstić information content (AvgIpc) is 2.34. The number of nitrogen functional groups attached to an aromatic ring is 1. The van der Waals surface area contributed by atoms with Crippen molar-refractivity contribution in [2.45, 2.75) is 26.3 Å². The van der Waals surface area contributed by atoms with Crippen LogP contribution in [0.15, 0.2) is 18.3 Å². The lowest BCUT2D eigenvalue weighted by molar-refractivity contribution is 0.0946. The average molecular weight is 250 g/mol. The molecule has 0 aliphatic carbocycles. The number of hydrogen-bond donors (Lipinski definition) is 2. The molecule has 5 nitrogen and oxygen atoms in total. The summed E-state index contributed by atoms with van der Waals surface area (Å²) in [5.41, 5.74) is 6.47. The normalized spacial score (nSPS) is 10.9. The summed E-state index contributed by atoms with van der Waals surface area (Å²) in [5.74, 6) is -0.151. The van der Waals surface area contributed by atoms with Crippen LogP contribution in [-0.2, 0) is 0 Å². The van der Waals surface area contributed by atoms with E-state index in [1.54, 1.807) is 12.1 Å². The quantitative estimate of drug-likeness (QED) is 0.742. The van der Waals surface area contributed by atoms with Gasteiger partial charge in [0, 0.05) is 12.6 Å². The summed E-state index contributed by atoms with van der Waals surface area (Å²) in [6, 6.07) is 3.83. The Bertz CT molecular complexity index is 375. The van der Waals surface area contributed by atoms with Gasteiger partial charge in [-0.2, -0.15) is 0 Å². The minimum absolute atomic E-state index is 0.151. The largest absolute Gasteiger partial charge is 0.397 e. The maximum atomic E-state index is 11.7. The third kappa shape index (κ3) is 4.71. The Hall–Kier alpha value is -1.62. The van der Waals surface area contributed by atoms with Gasteiger partial charge in [-0.05, 0) is 46.0 Å². The summed E-state index contributed by atoms with van der Waals surface area (Å²) in [7, 11) is 2.08. The Labute approximate surface area is 108 Å². The van der Waals surface area contributed by atoms with Crippen molar-refractivity contribution in [3.05, 3.63) is 24.0 Å². The zero-order valence-corrected chi connectivity index (χ0v) is 11.3. The number of nitrogens with one attached hydrogen (secondary N) is 1. The molecule has 3 N–H and O–H groups in total. The lowest BCUT2D eigenvalue weighted by Crippen LogP contribution is -2.31. The first-order chi connectivity index (χ1) is 8.50. The predicted molar refractivity (Wildman–Crippen MR) is 73.4 cm³/mol. The van der Waals surface area contributed by atoms with Gasteiger partial charge in [0.05, 0.1) is 11.9 Å². The molecule has 1 aromatic rings. The molecule has 0 saturated heterocycles. The van der Waals surface area contributed by atoms with Crippen molar-refractivity contribution >= 4 is 11.6 Å². The fourth-order valence-corrected chi connectivity index (χ4v) is 1.42. The van der Waals surface area contributed by atoms with Gasteiger partial charge >= 0.3 is 0 Å². The number of aromatic nitrogens is 1. The molecular weight excluding hydrogens is 228 g/mol. The summed E-state index contributed by atoms with van der Waals surface area (Å²) in [4.78, 5) is 17.9. The Kier molecular flexibility index (Phi) is 5.58. The number of hydrogen-bond acceptors (Lipinski definition) is 4. The van der Waals surface area contributed by atoms with Gasteiger partial charge in [0.2, 0.25) is 0 Å². The zero-order chi connectivity index (χ0) is 13.5. The third-order valence-electron chi connectivity index (χ3n) is 2.87. The Morgan fingerprint density at radius 3 is 2.78 bits per heavy atom. The van der Waals surface area contributed by atoms with Gasteiger partial charge < -0.3 is 16.0 Å². The van der Waals surface area contributed by atoms with Gasteiger partial charge in [-0.1, -0.05) is 0 Å². The van der Waals surface area contributed by atoms with Gasteiger partial charge in [-0.25, -0.2) is 4.98 Å². The second-order valence-electron chi connectivity index (χ2n) is 4.66. The highest BCUT2D eigenvalue weighted by Gasteiger charge is 2.06. The molecule has 1 rings (SSSR count). The van der Waals surface area contributed by atoms with Crippen molar-refractivity contribution in [3.63, 3.8) is 0 Å². The molecule has 0 saturated carbocycles. The zero-order valence-electron chi connectivity index (χ0n) is 11.3. The van der Waals surface area contributed by atoms with E-state index in [-0.39, 0.29) is 5.91 Å². The topological polar surface area (TPSA) is 71.2 Å². The molecule has 100 valence electrons. The maximum Gasteiger partial charge on any atom is 0.269 e. The van der Waals surface area contributed by atoms with Crippen LogP contribution in [0.1, 0.15) is 30.8 Å². The number of rotatable bonds is 6. The van der Waals surface area contributed by atoms with Crippen LogP contribution < -0.4 is 11.1 Å². The minimum Gasteiger partial charge on any atom is -0.397 e. The molecule has 0 bridgehead atoms.